The lowest BCUT2D eigenvalue weighted by molar-refractivity contribution is -0.161. The molecule has 0 aromatic carbocycles. The quantitative estimate of drug-likeness (QED) is 0.0222. The van der Waals surface area contributed by atoms with Crippen molar-refractivity contribution < 1.29 is 80.2 Å². The molecule has 3 unspecified atom stereocenters. The largest absolute Gasteiger partial charge is 0.472 e. The van der Waals surface area contributed by atoms with E-state index in [4.69, 9.17) is 37.0 Å². The van der Waals surface area contributed by atoms with Crippen molar-refractivity contribution in [2.24, 2.45) is 11.8 Å². The highest BCUT2D eigenvalue weighted by atomic mass is 31.2. The van der Waals surface area contributed by atoms with Gasteiger partial charge in [0.1, 0.15) is 19.3 Å². The fourth-order valence-electron chi connectivity index (χ4n) is 12.9. The van der Waals surface area contributed by atoms with Gasteiger partial charge in [0, 0.05) is 25.7 Å². The summed E-state index contributed by atoms with van der Waals surface area (Å²) in [7, 11) is -9.92. The molecule has 0 saturated carbocycles. The van der Waals surface area contributed by atoms with Crippen LogP contribution < -0.4 is 0 Å². The van der Waals surface area contributed by atoms with Crippen LogP contribution in [-0.4, -0.2) is 96.7 Å². The van der Waals surface area contributed by atoms with E-state index in [1.54, 1.807) is 0 Å². The number of hydrogen-bond acceptors (Lipinski definition) is 15. The summed E-state index contributed by atoms with van der Waals surface area (Å²) in [5, 5.41) is 10.6. The molecule has 0 heterocycles. The van der Waals surface area contributed by atoms with E-state index < -0.39 is 97.5 Å². The molecule has 6 atom stereocenters. The second-order valence-electron chi connectivity index (χ2n) is 30.6. The predicted molar refractivity (Wildman–Crippen MR) is 418 cm³/mol. The van der Waals surface area contributed by atoms with Gasteiger partial charge in [0.25, 0.3) is 0 Å². The molecular formula is C83H162O17P2. The van der Waals surface area contributed by atoms with E-state index in [0.29, 0.717) is 31.6 Å². The van der Waals surface area contributed by atoms with Crippen molar-refractivity contribution in [1.82, 2.24) is 0 Å². The maximum absolute atomic E-state index is 13.1. The normalized spacial score (nSPS) is 14.1. The molecule has 0 amide bonds. The summed E-state index contributed by atoms with van der Waals surface area (Å²) in [5.41, 5.74) is 0. The van der Waals surface area contributed by atoms with E-state index in [1.807, 2.05) is 0 Å². The molecule has 0 rings (SSSR count). The molecule has 3 N–H and O–H groups in total. The van der Waals surface area contributed by atoms with Crippen molar-refractivity contribution in [2.75, 3.05) is 39.6 Å². The summed E-state index contributed by atoms with van der Waals surface area (Å²) in [6.45, 7) is 9.55. The van der Waals surface area contributed by atoms with Gasteiger partial charge in [0.15, 0.2) is 12.2 Å². The number of unbranched alkanes of at least 4 members (excludes halogenated alkanes) is 51. The maximum Gasteiger partial charge on any atom is 0.472 e. The van der Waals surface area contributed by atoms with Crippen LogP contribution in [0, 0.1) is 11.8 Å². The number of hydrogen-bond donors (Lipinski definition) is 3. The van der Waals surface area contributed by atoms with Crippen LogP contribution in [0.4, 0.5) is 0 Å². The van der Waals surface area contributed by atoms with E-state index >= 15 is 0 Å². The van der Waals surface area contributed by atoms with Gasteiger partial charge in [-0.1, -0.05) is 388 Å². The summed E-state index contributed by atoms with van der Waals surface area (Å²) in [6.07, 6.45) is 65.6. The summed E-state index contributed by atoms with van der Waals surface area (Å²) < 4.78 is 68.7. The van der Waals surface area contributed by atoms with Crippen molar-refractivity contribution >= 4 is 39.5 Å². The Balaban J connectivity index is 5.19. The number of esters is 4. The topological polar surface area (TPSA) is 237 Å². The van der Waals surface area contributed by atoms with E-state index in [-0.39, 0.29) is 25.7 Å². The number of phosphoric acid groups is 2. The average molecular weight is 1490 g/mol. The zero-order valence-electron chi connectivity index (χ0n) is 66.9. The van der Waals surface area contributed by atoms with Crippen molar-refractivity contribution in [2.45, 2.75) is 458 Å². The first-order valence-corrected chi connectivity index (χ1v) is 46.0. The summed E-state index contributed by atoms with van der Waals surface area (Å²) in [6, 6.07) is 0. The molecule has 102 heavy (non-hydrogen) atoms. The van der Waals surface area contributed by atoms with Gasteiger partial charge in [0.05, 0.1) is 26.4 Å². The lowest BCUT2D eigenvalue weighted by Gasteiger charge is -2.21. The van der Waals surface area contributed by atoms with Crippen LogP contribution in [0.25, 0.3) is 0 Å². The molecule has 0 aliphatic rings. The minimum Gasteiger partial charge on any atom is -0.462 e. The molecule has 17 nitrogen and oxygen atoms in total. The van der Waals surface area contributed by atoms with E-state index in [1.165, 1.54) is 250 Å². The van der Waals surface area contributed by atoms with Crippen LogP contribution in [0.15, 0.2) is 0 Å². The van der Waals surface area contributed by atoms with Crippen LogP contribution in [-0.2, 0) is 65.4 Å². The molecule has 0 aromatic heterocycles. The summed E-state index contributed by atoms with van der Waals surface area (Å²) in [4.78, 5) is 73.0. The molecule has 606 valence electrons. The molecule has 0 saturated heterocycles. The van der Waals surface area contributed by atoms with Gasteiger partial charge in [-0.3, -0.25) is 37.3 Å². The standard InChI is InChI=1S/C83H162O17P2/c1-7-10-12-14-16-18-20-22-24-26-28-30-32-34-36-38-40-42-47-55-61-67-82(87)99-78(71-93-80(85)65-59-53-46-41-39-37-35-33-31-29-27-25-23-21-19-17-15-13-11-8-2)73-97-101(89,90)95-69-77(84)70-96-102(91,92)98-74-79(72-94-81(86)66-60-54-50-49-51-57-63-75(4)5)100-83(88)68-62-56-48-44-43-45-52-58-64-76(6)9-3/h75-79,84H,7-74H2,1-6H3,(H,89,90)(H,91,92)/t76?,77-,78-,79-/m1/s1. The fourth-order valence-corrected chi connectivity index (χ4v) is 14.4. The Hall–Kier alpha value is -1.94. The van der Waals surface area contributed by atoms with Gasteiger partial charge in [-0.25, -0.2) is 9.13 Å². The van der Waals surface area contributed by atoms with E-state index in [2.05, 4.69) is 41.5 Å². The zero-order valence-corrected chi connectivity index (χ0v) is 68.7. The van der Waals surface area contributed by atoms with Gasteiger partial charge in [-0.2, -0.15) is 0 Å². The predicted octanol–water partition coefficient (Wildman–Crippen LogP) is 25.1. The lowest BCUT2D eigenvalue weighted by Crippen LogP contribution is -2.30. The Morgan fingerprint density at radius 2 is 0.500 bits per heavy atom. The minimum atomic E-state index is -4.96. The fraction of sp³-hybridized carbons (Fsp3) is 0.952. The number of aliphatic hydroxyl groups is 1. The molecule has 19 heteroatoms. The zero-order chi connectivity index (χ0) is 74.9. The number of rotatable bonds is 82. The Morgan fingerprint density at radius 1 is 0.284 bits per heavy atom. The molecule has 0 aliphatic heterocycles. The average Bonchev–Trinajstić information content (AvgIpc) is 0.977. The number of ether oxygens (including phenoxy) is 4. The van der Waals surface area contributed by atoms with Gasteiger partial charge in [-0.15, -0.1) is 0 Å². The first-order chi connectivity index (χ1) is 49.4. The summed E-state index contributed by atoms with van der Waals surface area (Å²) >= 11 is 0. The van der Waals surface area contributed by atoms with Crippen molar-refractivity contribution in [3.63, 3.8) is 0 Å². The smallest absolute Gasteiger partial charge is 0.462 e. The third-order valence-electron chi connectivity index (χ3n) is 19.8. The van der Waals surface area contributed by atoms with Gasteiger partial charge >= 0.3 is 39.5 Å². The summed E-state index contributed by atoms with van der Waals surface area (Å²) in [5.74, 6) is -0.664. The number of carbonyl (C=O) groups excluding carboxylic acids is 4. The molecule has 0 spiro atoms. The van der Waals surface area contributed by atoms with Crippen molar-refractivity contribution in [3.8, 4) is 0 Å². The van der Waals surface area contributed by atoms with Crippen molar-refractivity contribution in [3.05, 3.63) is 0 Å². The number of carbonyl (C=O) groups is 4. The van der Waals surface area contributed by atoms with Crippen LogP contribution in [0.1, 0.15) is 440 Å². The van der Waals surface area contributed by atoms with Crippen LogP contribution in [0.3, 0.4) is 0 Å². The van der Waals surface area contributed by atoms with Crippen molar-refractivity contribution in [1.29, 1.82) is 0 Å². The Bertz CT molecular complexity index is 1960. The third kappa shape index (κ3) is 74.9. The van der Waals surface area contributed by atoms with E-state index in [0.717, 1.165) is 102 Å². The van der Waals surface area contributed by atoms with Gasteiger partial charge in [-0.05, 0) is 37.5 Å². The second-order valence-corrected chi connectivity index (χ2v) is 33.5. The Kier molecular flexibility index (Phi) is 73.1. The van der Waals surface area contributed by atoms with Gasteiger partial charge in [0.2, 0.25) is 0 Å². The Labute approximate surface area is 626 Å². The molecule has 0 aromatic rings. The molecular weight excluding hydrogens is 1330 g/mol. The number of aliphatic hydroxyl groups excluding tert-OH is 1. The first kappa shape index (κ1) is 100. The monoisotopic (exact) mass is 1490 g/mol. The minimum absolute atomic E-state index is 0.104. The molecule has 0 fully saturated rings. The lowest BCUT2D eigenvalue weighted by atomic mass is 9.99. The molecule has 0 radical (unpaired) electrons. The number of phosphoric ester groups is 2. The highest BCUT2D eigenvalue weighted by Crippen LogP contribution is 2.45. The molecule has 0 aliphatic carbocycles. The van der Waals surface area contributed by atoms with Gasteiger partial charge < -0.3 is 33.8 Å². The SMILES string of the molecule is CCCCCCCCCCCCCCCCCCCCCCCC(=O)O[C@H](COC(=O)CCCCCCCCCCCCCCCCCCCCCC)COP(=O)(O)OC[C@@H](O)COP(=O)(O)OC[C@@H](COC(=O)CCCCCCCCC(C)C)OC(=O)CCCCCCCCCCC(C)CC. The van der Waals surface area contributed by atoms with Crippen LogP contribution in [0.2, 0.25) is 0 Å². The van der Waals surface area contributed by atoms with Crippen LogP contribution in [0.5, 0.6) is 0 Å². The molecule has 0 bridgehead atoms. The second kappa shape index (κ2) is 74.5. The van der Waals surface area contributed by atoms with Crippen LogP contribution >= 0.6 is 15.6 Å². The van der Waals surface area contributed by atoms with E-state index in [9.17, 15) is 43.2 Å². The third-order valence-corrected chi connectivity index (χ3v) is 21.7. The maximum atomic E-state index is 13.1. The Morgan fingerprint density at radius 3 is 0.745 bits per heavy atom. The first-order valence-electron chi connectivity index (χ1n) is 43.0. The highest BCUT2D eigenvalue weighted by molar-refractivity contribution is 7.47. The highest BCUT2D eigenvalue weighted by Gasteiger charge is 2.30.